The Kier molecular flexibility index (Phi) is 7.85. The largest absolute Gasteiger partial charge is 0.302 e. The van der Waals surface area contributed by atoms with E-state index in [1.807, 2.05) is 18.2 Å². The minimum absolute atomic E-state index is 0.200. The predicted molar refractivity (Wildman–Crippen MR) is 149 cm³/mol. The second kappa shape index (κ2) is 11.8. The molecule has 4 aromatic rings. The molecule has 5 rings (SSSR count). The molecule has 0 aliphatic carbocycles. The first-order chi connectivity index (χ1) is 17.8. The first-order valence-electron chi connectivity index (χ1n) is 12.8. The van der Waals surface area contributed by atoms with Crippen molar-refractivity contribution in [1.29, 1.82) is 0 Å². The fraction of sp³-hybridized carbons (Fsp3) is 0.176. The number of rotatable bonds is 7. The normalized spacial score (nSPS) is 14.6. The van der Waals surface area contributed by atoms with Gasteiger partial charge < -0.3 is 4.90 Å². The smallest absolute Gasteiger partial charge is 0.123 e. The number of benzene rings is 4. The summed E-state index contributed by atoms with van der Waals surface area (Å²) in [4.78, 5) is 2.57. The third kappa shape index (κ3) is 5.90. The van der Waals surface area contributed by atoms with E-state index in [0.29, 0.717) is 0 Å². The molecule has 0 atom stereocenters. The number of nitrogens with zero attached hydrogens (tertiary/aromatic N) is 1. The summed E-state index contributed by atoms with van der Waals surface area (Å²) >= 11 is 0. The molecular weight excluding hydrogens is 441 g/mol. The van der Waals surface area contributed by atoms with Crippen molar-refractivity contribution in [3.8, 4) is 0 Å². The van der Waals surface area contributed by atoms with Gasteiger partial charge in [-0.3, -0.25) is 0 Å². The molecule has 4 aromatic carbocycles. The standard InChI is InChI=1S/C34H32FN/c35-32-20-18-28(19-21-32)33(27-11-4-1-5-12-27)17-10-24-36-25-22-31(23-26-36)34(29-13-6-2-7-14-29)30-15-8-3-9-16-30/h1-9,11-21H,10,22-26H2/b33-17+. The molecule has 1 nitrogen and oxygen atoms in total. The predicted octanol–water partition coefficient (Wildman–Crippen LogP) is 8.25. The average Bonchev–Trinajstić information content (AvgIpc) is 2.94. The lowest BCUT2D eigenvalue weighted by Crippen LogP contribution is -2.31. The second-order valence-corrected chi connectivity index (χ2v) is 9.33. The van der Waals surface area contributed by atoms with Crippen LogP contribution in [0.2, 0.25) is 0 Å². The number of piperidine rings is 1. The van der Waals surface area contributed by atoms with Gasteiger partial charge in [-0.25, -0.2) is 4.39 Å². The third-order valence-electron chi connectivity index (χ3n) is 6.97. The summed E-state index contributed by atoms with van der Waals surface area (Å²) in [7, 11) is 0. The van der Waals surface area contributed by atoms with Crippen LogP contribution in [0.5, 0.6) is 0 Å². The Morgan fingerprint density at radius 2 is 1.08 bits per heavy atom. The van der Waals surface area contributed by atoms with Gasteiger partial charge in [-0.2, -0.15) is 0 Å². The lowest BCUT2D eigenvalue weighted by atomic mass is 9.88. The maximum Gasteiger partial charge on any atom is 0.123 e. The van der Waals surface area contributed by atoms with Gasteiger partial charge in [0.05, 0.1) is 0 Å². The van der Waals surface area contributed by atoms with E-state index < -0.39 is 0 Å². The lowest BCUT2D eigenvalue weighted by molar-refractivity contribution is 0.262. The van der Waals surface area contributed by atoms with Crippen molar-refractivity contribution in [3.05, 3.63) is 155 Å². The molecule has 36 heavy (non-hydrogen) atoms. The van der Waals surface area contributed by atoms with E-state index in [1.54, 1.807) is 17.7 Å². The van der Waals surface area contributed by atoms with E-state index in [9.17, 15) is 4.39 Å². The lowest BCUT2D eigenvalue weighted by Gasteiger charge is -2.30. The van der Waals surface area contributed by atoms with E-state index >= 15 is 0 Å². The van der Waals surface area contributed by atoms with Gasteiger partial charge in [-0.1, -0.05) is 115 Å². The monoisotopic (exact) mass is 473 g/mol. The number of hydrogen-bond donors (Lipinski definition) is 0. The SMILES string of the molecule is Fc1ccc(/C(=C/CCN2CCC(=C(c3ccccc3)c3ccccc3)CC2)c2ccccc2)cc1. The van der Waals surface area contributed by atoms with Crippen molar-refractivity contribution in [2.45, 2.75) is 19.3 Å². The zero-order chi connectivity index (χ0) is 24.6. The maximum absolute atomic E-state index is 13.5. The molecule has 0 N–H and O–H groups in total. The molecule has 0 amide bonds. The molecule has 0 aromatic heterocycles. The van der Waals surface area contributed by atoms with Crippen LogP contribution in [0.1, 0.15) is 41.5 Å². The van der Waals surface area contributed by atoms with Crippen LogP contribution < -0.4 is 0 Å². The van der Waals surface area contributed by atoms with E-state index in [-0.39, 0.29) is 5.82 Å². The Bertz CT molecular complexity index is 1250. The van der Waals surface area contributed by atoms with Gasteiger partial charge in [0.15, 0.2) is 0 Å². The molecule has 1 aliphatic heterocycles. The number of hydrogen-bond acceptors (Lipinski definition) is 1. The highest BCUT2D eigenvalue weighted by atomic mass is 19.1. The first kappa shape index (κ1) is 24.0. The van der Waals surface area contributed by atoms with Crippen LogP contribution >= 0.6 is 0 Å². The van der Waals surface area contributed by atoms with Gasteiger partial charge in [0.2, 0.25) is 0 Å². The fourth-order valence-corrected chi connectivity index (χ4v) is 5.12. The molecule has 0 radical (unpaired) electrons. The Balaban J connectivity index is 1.30. The van der Waals surface area contributed by atoms with Gasteiger partial charge in [0.25, 0.3) is 0 Å². The minimum Gasteiger partial charge on any atom is -0.302 e. The van der Waals surface area contributed by atoms with E-state index in [4.69, 9.17) is 0 Å². The molecule has 0 bridgehead atoms. The Hall–Kier alpha value is -3.75. The average molecular weight is 474 g/mol. The fourth-order valence-electron chi connectivity index (χ4n) is 5.12. The van der Waals surface area contributed by atoms with Crippen molar-refractivity contribution >= 4 is 11.1 Å². The van der Waals surface area contributed by atoms with E-state index in [2.05, 4.69) is 95.9 Å². The van der Waals surface area contributed by atoms with Crippen LogP contribution in [0.25, 0.3) is 11.1 Å². The Morgan fingerprint density at radius 1 is 0.611 bits per heavy atom. The Labute approximate surface area is 214 Å². The quantitative estimate of drug-likeness (QED) is 0.261. The number of likely N-dealkylation sites (tertiary alicyclic amines) is 1. The van der Waals surface area contributed by atoms with Gasteiger partial charge in [-0.05, 0) is 64.8 Å². The molecule has 180 valence electrons. The minimum atomic E-state index is -0.200. The highest BCUT2D eigenvalue weighted by molar-refractivity contribution is 5.82. The molecule has 0 saturated carbocycles. The summed E-state index contributed by atoms with van der Waals surface area (Å²) in [6, 6.07) is 38.9. The van der Waals surface area contributed by atoms with Crippen LogP contribution in [0.15, 0.2) is 127 Å². The van der Waals surface area contributed by atoms with Crippen molar-refractivity contribution in [1.82, 2.24) is 4.90 Å². The van der Waals surface area contributed by atoms with Crippen LogP contribution in [-0.2, 0) is 0 Å². The first-order valence-corrected chi connectivity index (χ1v) is 12.8. The van der Waals surface area contributed by atoms with E-state index in [0.717, 1.165) is 44.5 Å². The summed E-state index contributed by atoms with van der Waals surface area (Å²) in [5.41, 5.74) is 8.96. The zero-order valence-electron chi connectivity index (χ0n) is 20.6. The molecular formula is C34H32FN. The van der Waals surface area contributed by atoms with Crippen LogP contribution in [0, 0.1) is 5.82 Å². The molecule has 1 aliphatic rings. The molecule has 1 heterocycles. The maximum atomic E-state index is 13.5. The molecule has 0 unspecified atom stereocenters. The highest BCUT2D eigenvalue weighted by Gasteiger charge is 2.18. The van der Waals surface area contributed by atoms with Crippen LogP contribution in [0.4, 0.5) is 4.39 Å². The molecule has 2 heteroatoms. The summed E-state index contributed by atoms with van der Waals surface area (Å²) in [6.07, 6.45) is 5.46. The second-order valence-electron chi connectivity index (χ2n) is 9.33. The van der Waals surface area contributed by atoms with Crippen LogP contribution in [-0.4, -0.2) is 24.5 Å². The van der Waals surface area contributed by atoms with Crippen LogP contribution in [0.3, 0.4) is 0 Å². The molecule has 1 saturated heterocycles. The van der Waals surface area contributed by atoms with Crippen molar-refractivity contribution in [2.75, 3.05) is 19.6 Å². The molecule has 1 fully saturated rings. The van der Waals surface area contributed by atoms with Crippen molar-refractivity contribution < 1.29 is 4.39 Å². The van der Waals surface area contributed by atoms with Crippen molar-refractivity contribution in [2.24, 2.45) is 0 Å². The number of halogens is 1. The summed E-state index contributed by atoms with van der Waals surface area (Å²) < 4.78 is 13.5. The van der Waals surface area contributed by atoms with Gasteiger partial charge >= 0.3 is 0 Å². The Morgan fingerprint density at radius 3 is 1.61 bits per heavy atom. The molecule has 0 spiro atoms. The summed E-state index contributed by atoms with van der Waals surface area (Å²) in [5.74, 6) is -0.200. The summed E-state index contributed by atoms with van der Waals surface area (Å²) in [6.45, 7) is 3.17. The van der Waals surface area contributed by atoms with Gasteiger partial charge in [-0.15, -0.1) is 0 Å². The summed E-state index contributed by atoms with van der Waals surface area (Å²) in [5, 5.41) is 0. The van der Waals surface area contributed by atoms with E-state index in [1.165, 1.54) is 27.8 Å². The highest BCUT2D eigenvalue weighted by Crippen LogP contribution is 2.32. The van der Waals surface area contributed by atoms with Gasteiger partial charge in [0, 0.05) is 19.6 Å². The third-order valence-corrected chi connectivity index (χ3v) is 6.97. The van der Waals surface area contributed by atoms with Gasteiger partial charge in [0.1, 0.15) is 5.82 Å². The topological polar surface area (TPSA) is 3.24 Å². The van der Waals surface area contributed by atoms with Crippen molar-refractivity contribution in [3.63, 3.8) is 0 Å². The zero-order valence-corrected chi connectivity index (χ0v) is 20.6.